The van der Waals surface area contributed by atoms with Gasteiger partial charge in [0.05, 0.1) is 22.7 Å². The molecule has 0 aliphatic rings. The van der Waals surface area contributed by atoms with Gasteiger partial charge in [0.25, 0.3) is 0 Å². The Morgan fingerprint density at radius 3 is 2.12 bits per heavy atom. The number of alkyl halides is 3. The summed E-state index contributed by atoms with van der Waals surface area (Å²) in [6.45, 7) is 3.79. The van der Waals surface area contributed by atoms with Crippen LogP contribution in [0.2, 0.25) is 0 Å². The molecule has 0 bridgehead atoms. The number of rotatable bonds is 2. The number of fused-ring (bicyclic) bond motifs is 2. The predicted octanol–water partition coefficient (Wildman–Crippen LogP) is 5.52. The second-order valence-electron chi connectivity index (χ2n) is 8.06. The second-order valence-corrected chi connectivity index (χ2v) is 8.06. The van der Waals surface area contributed by atoms with Crippen molar-refractivity contribution in [3.63, 3.8) is 0 Å². The highest BCUT2D eigenvalue weighted by atomic mass is 19.4. The van der Waals surface area contributed by atoms with Crippen molar-refractivity contribution in [2.24, 2.45) is 7.05 Å². The van der Waals surface area contributed by atoms with Gasteiger partial charge in [-0.05, 0) is 31.2 Å². The maximum Gasteiger partial charge on any atom is 0.416 e. The summed E-state index contributed by atoms with van der Waals surface area (Å²) >= 11 is 0. The molecule has 5 rings (SSSR count). The molecule has 0 aliphatic heterocycles. The van der Waals surface area contributed by atoms with Crippen molar-refractivity contribution in [1.29, 1.82) is 0 Å². The Kier molecular flexibility index (Phi) is 4.55. The molecule has 32 heavy (non-hydrogen) atoms. The van der Waals surface area contributed by atoms with Gasteiger partial charge in [0.2, 0.25) is 16.7 Å². The molecule has 0 saturated heterocycles. The van der Waals surface area contributed by atoms with E-state index in [1.807, 2.05) is 97.0 Å². The van der Waals surface area contributed by atoms with Gasteiger partial charge in [0, 0.05) is 36.6 Å². The van der Waals surface area contributed by atoms with Crippen LogP contribution in [0.4, 0.5) is 13.2 Å². The van der Waals surface area contributed by atoms with Crippen LogP contribution >= 0.6 is 0 Å². The van der Waals surface area contributed by atoms with E-state index in [0.717, 1.165) is 33.1 Å². The third kappa shape index (κ3) is 3.14. The molecule has 0 atom stereocenters. The minimum absolute atomic E-state index is 0.494. The lowest BCUT2D eigenvalue weighted by atomic mass is 10.0. The quantitative estimate of drug-likeness (QED) is 0.325. The van der Waals surface area contributed by atoms with Crippen molar-refractivity contribution in [3.05, 3.63) is 95.8 Å². The molecule has 2 aromatic heterocycles. The van der Waals surface area contributed by atoms with E-state index in [4.69, 9.17) is 0 Å². The van der Waals surface area contributed by atoms with Gasteiger partial charge in [-0.3, -0.25) is 0 Å². The van der Waals surface area contributed by atoms with Crippen LogP contribution < -0.4 is 9.25 Å². The minimum atomic E-state index is -4.47. The standard InChI is InChI=1S/C26H22F3N3/c1-17-12-13-19-8-4-7-11-23(19)32(17)25-15-21(26(27,28)29)14-24(18(25)2)31-16-20-9-5-6-10-22(20)30(31)3/h4-16H,1-3H3/q+2. The number of nitrogens with zero attached hydrogens (tertiary/aromatic N) is 3. The molecule has 3 aromatic carbocycles. The topological polar surface area (TPSA) is 12.7 Å². The fraction of sp³-hybridized carbons (Fsp3) is 0.154. The molecule has 0 aliphatic carbocycles. The average molecular weight is 433 g/mol. The van der Waals surface area contributed by atoms with Crippen LogP contribution in [0.1, 0.15) is 16.8 Å². The lowest BCUT2D eigenvalue weighted by Gasteiger charge is -2.14. The van der Waals surface area contributed by atoms with Crippen LogP contribution in [-0.4, -0.2) is 4.68 Å². The molecular weight excluding hydrogens is 411 g/mol. The first-order valence-electron chi connectivity index (χ1n) is 10.3. The lowest BCUT2D eigenvalue weighted by molar-refractivity contribution is -0.720. The van der Waals surface area contributed by atoms with Crippen LogP contribution in [0.5, 0.6) is 0 Å². The third-order valence-electron chi connectivity index (χ3n) is 6.07. The number of pyridine rings is 1. The van der Waals surface area contributed by atoms with E-state index in [2.05, 4.69) is 0 Å². The molecule has 0 spiro atoms. The molecule has 160 valence electrons. The summed E-state index contributed by atoms with van der Waals surface area (Å²) in [5.41, 5.74) is 3.76. The molecule has 5 aromatic rings. The van der Waals surface area contributed by atoms with Gasteiger partial charge in [-0.25, -0.2) is 0 Å². The Morgan fingerprint density at radius 2 is 1.44 bits per heavy atom. The maximum absolute atomic E-state index is 14.0. The summed E-state index contributed by atoms with van der Waals surface area (Å²) < 4.78 is 47.6. The third-order valence-corrected chi connectivity index (χ3v) is 6.07. The highest BCUT2D eigenvalue weighted by Gasteiger charge is 2.35. The molecule has 0 unspecified atom stereocenters. The van der Waals surface area contributed by atoms with Crippen molar-refractivity contribution in [3.8, 4) is 11.4 Å². The second kappa shape index (κ2) is 7.19. The first kappa shape index (κ1) is 20.2. The predicted molar refractivity (Wildman–Crippen MR) is 118 cm³/mol. The van der Waals surface area contributed by atoms with Crippen LogP contribution in [0, 0.1) is 13.8 Å². The van der Waals surface area contributed by atoms with E-state index >= 15 is 0 Å². The fourth-order valence-electron chi connectivity index (χ4n) is 4.40. The van der Waals surface area contributed by atoms with Gasteiger partial charge < -0.3 is 0 Å². The van der Waals surface area contributed by atoms with Crippen LogP contribution in [-0.2, 0) is 13.2 Å². The van der Waals surface area contributed by atoms with Crippen LogP contribution in [0.15, 0.2) is 79.0 Å². The molecule has 0 N–H and O–H groups in total. The van der Waals surface area contributed by atoms with Crippen molar-refractivity contribution in [2.75, 3.05) is 0 Å². The molecule has 0 amide bonds. The van der Waals surface area contributed by atoms with Gasteiger partial charge in [0.15, 0.2) is 12.7 Å². The normalized spacial score (nSPS) is 12.1. The van der Waals surface area contributed by atoms with E-state index in [1.54, 1.807) is 4.68 Å². The molecule has 2 heterocycles. The van der Waals surface area contributed by atoms with Crippen LogP contribution in [0.3, 0.4) is 0 Å². The van der Waals surface area contributed by atoms with Gasteiger partial charge in [0.1, 0.15) is 5.69 Å². The highest BCUT2D eigenvalue weighted by Crippen LogP contribution is 2.34. The van der Waals surface area contributed by atoms with E-state index in [-0.39, 0.29) is 0 Å². The number of hydrogen-bond acceptors (Lipinski definition) is 0. The number of halogens is 3. The molecule has 0 fully saturated rings. The van der Waals surface area contributed by atoms with Crippen molar-refractivity contribution >= 4 is 21.8 Å². The molecule has 0 radical (unpaired) electrons. The zero-order chi connectivity index (χ0) is 22.6. The zero-order valence-corrected chi connectivity index (χ0v) is 18.0. The summed E-state index contributed by atoms with van der Waals surface area (Å²) in [5.74, 6) is 0. The van der Waals surface area contributed by atoms with Gasteiger partial charge in [-0.2, -0.15) is 17.7 Å². The van der Waals surface area contributed by atoms with E-state index in [9.17, 15) is 13.2 Å². The van der Waals surface area contributed by atoms with Crippen molar-refractivity contribution in [1.82, 2.24) is 4.68 Å². The Bertz CT molecular complexity index is 1500. The summed E-state index contributed by atoms with van der Waals surface area (Å²) in [4.78, 5) is 0. The molecular formula is C26H22F3N3+2. The Labute approximate surface area is 183 Å². The number of benzene rings is 3. The smallest absolute Gasteiger partial charge is 0.166 e. The summed E-state index contributed by atoms with van der Waals surface area (Å²) in [7, 11) is 1.86. The maximum atomic E-state index is 14.0. The Hall–Kier alpha value is -3.67. The molecule has 3 nitrogen and oxygen atoms in total. The SMILES string of the molecule is Cc1c(-n2cc3ccccc3[n+]2C)cc(C(F)(F)F)cc1-[n+]1c(C)ccc2ccccc21. The first-order chi connectivity index (χ1) is 15.3. The highest BCUT2D eigenvalue weighted by molar-refractivity contribution is 5.77. The van der Waals surface area contributed by atoms with Crippen molar-refractivity contribution < 1.29 is 22.4 Å². The summed E-state index contributed by atoms with van der Waals surface area (Å²) in [6, 6.07) is 21.9. The largest absolute Gasteiger partial charge is 0.416 e. The van der Waals surface area contributed by atoms with Crippen molar-refractivity contribution in [2.45, 2.75) is 20.0 Å². The zero-order valence-electron chi connectivity index (χ0n) is 18.0. The van der Waals surface area contributed by atoms with Gasteiger partial charge in [-0.15, -0.1) is 9.36 Å². The Morgan fingerprint density at radius 1 is 0.781 bits per heavy atom. The number of aromatic nitrogens is 3. The van der Waals surface area contributed by atoms with Gasteiger partial charge >= 0.3 is 6.18 Å². The fourth-order valence-corrected chi connectivity index (χ4v) is 4.40. The molecule has 6 heteroatoms. The molecule has 0 saturated carbocycles. The number of aryl methyl sites for hydroxylation is 2. The average Bonchev–Trinajstić information content (AvgIpc) is 3.10. The summed E-state index contributed by atoms with van der Waals surface area (Å²) in [6.07, 6.45) is -2.59. The monoisotopic (exact) mass is 433 g/mol. The Balaban J connectivity index is 1.88. The first-order valence-corrected chi connectivity index (χ1v) is 10.3. The summed E-state index contributed by atoms with van der Waals surface area (Å²) in [5, 5.41) is 1.93. The number of para-hydroxylation sites is 2. The number of hydrogen-bond donors (Lipinski definition) is 0. The van der Waals surface area contributed by atoms with E-state index in [0.29, 0.717) is 11.4 Å². The van der Waals surface area contributed by atoms with Gasteiger partial charge in [-0.1, -0.05) is 24.3 Å². The lowest BCUT2D eigenvalue weighted by Crippen LogP contribution is -2.40. The van der Waals surface area contributed by atoms with E-state index < -0.39 is 11.7 Å². The minimum Gasteiger partial charge on any atom is -0.166 e. The van der Waals surface area contributed by atoms with Crippen LogP contribution in [0.25, 0.3) is 33.2 Å². The van der Waals surface area contributed by atoms with E-state index in [1.165, 1.54) is 12.1 Å².